The van der Waals surface area contributed by atoms with Gasteiger partial charge < -0.3 is 14.8 Å². The van der Waals surface area contributed by atoms with Crippen molar-refractivity contribution in [1.29, 1.82) is 0 Å². The molecule has 0 aromatic heterocycles. The summed E-state index contributed by atoms with van der Waals surface area (Å²) in [6.45, 7) is 4.93. The SMILES string of the molecule is COc1ccc(C(CC(C)C)NC(=O)c2ccc(OCCSc3ccccc3)cc2)cc1. The number of amides is 1. The van der Waals surface area contributed by atoms with E-state index in [0.717, 1.165) is 29.2 Å². The summed E-state index contributed by atoms with van der Waals surface area (Å²) < 4.78 is 11.1. The zero-order valence-electron chi connectivity index (χ0n) is 18.9. The van der Waals surface area contributed by atoms with Gasteiger partial charge in [-0.2, -0.15) is 0 Å². The van der Waals surface area contributed by atoms with Crippen molar-refractivity contribution in [1.82, 2.24) is 5.32 Å². The number of carbonyl (C=O) groups is 1. The monoisotopic (exact) mass is 449 g/mol. The molecule has 0 aliphatic rings. The van der Waals surface area contributed by atoms with Gasteiger partial charge in [-0.25, -0.2) is 0 Å². The standard InChI is InChI=1S/C27H31NO3S/c1-20(2)19-26(21-9-13-23(30-3)14-10-21)28-27(29)22-11-15-24(16-12-22)31-17-18-32-25-7-5-4-6-8-25/h4-16,20,26H,17-19H2,1-3H3,(H,28,29). The van der Waals surface area contributed by atoms with Gasteiger partial charge in [-0.3, -0.25) is 4.79 Å². The lowest BCUT2D eigenvalue weighted by Crippen LogP contribution is -2.29. The van der Waals surface area contributed by atoms with Crippen LogP contribution >= 0.6 is 11.8 Å². The first-order chi connectivity index (χ1) is 15.5. The van der Waals surface area contributed by atoms with Crippen molar-refractivity contribution >= 4 is 17.7 Å². The average Bonchev–Trinajstić information content (AvgIpc) is 2.82. The summed E-state index contributed by atoms with van der Waals surface area (Å²) in [5, 5.41) is 3.18. The molecule has 1 amide bonds. The molecule has 3 rings (SSSR count). The molecular weight excluding hydrogens is 418 g/mol. The van der Waals surface area contributed by atoms with E-state index in [4.69, 9.17) is 9.47 Å². The van der Waals surface area contributed by atoms with Gasteiger partial charge in [-0.05, 0) is 66.4 Å². The number of benzene rings is 3. The number of hydrogen-bond donors (Lipinski definition) is 1. The van der Waals surface area contributed by atoms with E-state index in [1.54, 1.807) is 18.9 Å². The molecule has 4 nitrogen and oxygen atoms in total. The molecule has 0 saturated carbocycles. The fourth-order valence-electron chi connectivity index (χ4n) is 3.37. The fourth-order valence-corrected chi connectivity index (χ4v) is 4.12. The molecule has 1 unspecified atom stereocenters. The van der Waals surface area contributed by atoms with Crippen LogP contribution in [0.4, 0.5) is 0 Å². The molecule has 0 spiro atoms. The Morgan fingerprint density at radius 3 is 2.19 bits per heavy atom. The summed E-state index contributed by atoms with van der Waals surface area (Å²) >= 11 is 1.76. The molecule has 0 fully saturated rings. The van der Waals surface area contributed by atoms with Crippen LogP contribution in [0, 0.1) is 5.92 Å². The predicted octanol–water partition coefficient (Wildman–Crippen LogP) is 6.38. The van der Waals surface area contributed by atoms with Gasteiger partial charge in [0, 0.05) is 16.2 Å². The smallest absolute Gasteiger partial charge is 0.251 e. The third kappa shape index (κ3) is 7.34. The lowest BCUT2D eigenvalue weighted by molar-refractivity contribution is 0.0932. The van der Waals surface area contributed by atoms with Crippen molar-refractivity contribution in [3.05, 3.63) is 90.0 Å². The van der Waals surface area contributed by atoms with Gasteiger partial charge in [-0.15, -0.1) is 11.8 Å². The van der Waals surface area contributed by atoms with Gasteiger partial charge in [0.2, 0.25) is 0 Å². The minimum Gasteiger partial charge on any atom is -0.497 e. The average molecular weight is 450 g/mol. The van der Waals surface area contributed by atoms with E-state index in [9.17, 15) is 4.79 Å². The number of carbonyl (C=O) groups excluding carboxylic acids is 1. The topological polar surface area (TPSA) is 47.6 Å². The number of hydrogen-bond acceptors (Lipinski definition) is 4. The number of thioether (sulfide) groups is 1. The summed E-state index contributed by atoms with van der Waals surface area (Å²) in [7, 11) is 1.65. The van der Waals surface area contributed by atoms with Crippen LogP contribution in [0.1, 0.15) is 42.2 Å². The summed E-state index contributed by atoms with van der Waals surface area (Å²) in [4.78, 5) is 14.1. The van der Waals surface area contributed by atoms with Crippen molar-refractivity contribution in [2.75, 3.05) is 19.5 Å². The molecule has 3 aromatic rings. The Bertz CT molecular complexity index is 956. The van der Waals surface area contributed by atoms with Crippen molar-refractivity contribution < 1.29 is 14.3 Å². The molecule has 32 heavy (non-hydrogen) atoms. The third-order valence-electron chi connectivity index (χ3n) is 5.01. The molecule has 5 heteroatoms. The third-order valence-corrected chi connectivity index (χ3v) is 5.99. The first-order valence-electron chi connectivity index (χ1n) is 10.9. The first kappa shape index (κ1) is 23.7. The van der Waals surface area contributed by atoms with Crippen LogP contribution < -0.4 is 14.8 Å². The summed E-state index contributed by atoms with van der Waals surface area (Å²) in [5.41, 5.74) is 1.70. The van der Waals surface area contributed by atoms with E-state index < -0.39 is 0 Å². The molecule has 1 N–H and O–H groups in total. The lowest BCUT2D eigenvalue weighted by atomic mass is 9.96. The van der Waals surface area contributed by atoms with E-state index in [1.807, 2.05) is 66.7 Å². The van der Waals surface area contributed by atoms with Crippen molar-refractivity contribution in [3.8, 4) is 11.5 Å². The molecule has 0 bridgehead atoms. The second-order valence-electron chi connectivity index (χ2n) is 7.96. The predicted molar refractivity (Wildman–Crippen MR) is 132 cm³/mol. The number of nitrogens with one attached hydrogen (secondary N) is 1. The Morgan fingerprint density at radius 2 is 1.56 bits per heavy atom. The highest BCUT2D eigenvalue weighted by molar-refractivity contribution is 7.99. The molecule has 0 aliphatic heterocycles. The van der Waals surface area contributed by atoms with Gasteiger partial charge in [0.25, 0.3) is 5.91 Å². The lowest BCUT2D eigenvalue weighted by Gasteiger charge is -2.21. The normalized spacial score (nSPS) is 11.8. The number of methoxy groups -OCH3 is 1. The van der Waals surface area contributed by atoms with E-state index >= 15 is 0 Å². The van der Waals surface area contributed by atoms with Gasteiger partial charge in [0.1, 0.15) is 11.5 Å². The van der Waals surface area contributed by atoms with E-state index in [0.29, 0.717) is 18.1 Å². The van der Waals surface area contributed by atoms with Gasteiger partial charge in [0.15, 0.2) is 0 Å². The van der Waals surface area contributed by atoms with Crippen LogP contribution in [-0.4, -0.2) is 25.4 Å². The van der Waals surface area contributed by atoms with Crippen molar-refractivity contribution in [2.24, 2.45) is 5.92 Å². The molecule has 0 radical (unpaired) electrons. The molecule has 0 aliphatic carbocycles. The molecular formula is C27H31NO3S. The fraction of sp³-hybridized carbons (Fsp3) is 0.296. The highest BCUT2D eigenvalue weighted by atomic mass is 32.2. The van der Waals surface area contributed by atoms with Crippen LogP contribution in [0.2, 0.25) is 0 Å². The van der Waals surface area contributed by atoms with Crippen LogP contribution in [0.25, 0.3) is 0 Å². The molecule has 168 valence electrons. The summed E-state index contributed by atoms with van der Waals surface area (Å²) in [6, 6.07) is 25.4. The zero-order chi connectivity index (χ0) is 22.8. The Kier molecular flexibility index (Phi) is 9.05. The van der Waals surface area contributed by atoms with E-state index in [1.165, 1.54) is 4.90 Å². The molecule has 0 saturated heterocycles. The van der Waals surface area contributed by atoms with Gasteiger partial charge in [0.05, 0.1) is 19.8 Å². The maximum atomic E-state index is 12.9. The maximum Gasteiger partial charge on any atom is 0.251 e. The maximum absolute atomic E-state index is 12.9. The Morgan fingerprint density at radius 1 is 0.906 bits per heavy atom. The Balaban J connectivity index is 1.54. The zero-order valence-corrected chi connectivity index (χ0v) is 19.7. The van der Waals surface area contributed by atoms with Crippen molar-refractivity contribution in [3.63, 3.8) is 0 Å². The molecule has 1 atom stereocenters. The largest absolute Gasteiger partial charge is 0.497 e. The minimum absolute atomic E-state index is 0.0562. The van der Waals surface area contributed by atoms with Gasteiger partial charge >= 0.3 is 0 Å². The van der Waals surface area contributed by atoms with Crippen LogP contribution in [0.3, 0.4) is 0 Å². The minimum atomic E-state index is -0.0855. The second kappa shape index (κ2) is 12.2. The summed E-state index contributed by atoms with van der Waals surface area (Å²) in [6.07, 6.45) is 0.859. The van der Waals surface area contributed by atoms with Crippen molar-refractivity contribution in [2.45, 2.75) is 31.2 Å². The van der Waals surface area contributed by atoms with E-state index in [2.05, 4.69) is 31.3 Å². The highest BCUT2D eigenvalue weighted by Crippen LogP contribution is 2.24. The van der Waals surface area contributed by atoms with Crippen LogP contribution in [0.15, 0.2) is 83.8 Å². The Labute approximate surface area is 195 Å². The first-order valence-corrected chi connectivity index (χ1v) is 11.9. The van der Waals surface area contributed by atoms with Gasteiger partial charge in [-0.1, -0.05) is 44.2 Å². The van der Waals surface area contributed by atoms with E-state index in [-0.39, 0.29) is 11.9 Å². The van der Waals surface area contributed by atoms with Crippen LogP contribution in [-0.2, 0) is 0 Å². The Hall–Kier alpha value is -2.92. The molecule has 3 aromatic carbocycles. The number of rotatable bonds is 11. The van der Waals surface area contributed by atoms with Crippen LogP contribution in [0.5, 0.6) is 11.5 Å². The second-order valence-corrected chi connectivity index (χ2v) is 9.13. The quantitative estimate of drug-likeness (QED) is 0.272. The number of ether oxygens (including phenoxy) is 2. The summed E-state index contributed by atoms with van der Waals surface area (Å²) in [5.74, 6) is 2.81. The highest BCUT2D eigenvalue weighted by Gasteiger charge is 2.17. The molecule has 0 heterocycles.